The standard InChI is InChI=1S/C19H20N2O/c1-3-15-11-18(19(22)21-13(15)2)20-12-14-8-9-16-6-4-5-7-17(16)10-14/h4-11,20H,3,12H2,1-2H3,(H,21,22). The fourth-order valence-corrected chi connectivity index (χ4v) is 2.71. The first kappa shape index (κ1) is 14.4. The van der Waals surface area contributed by atoms with Crippen LogP contribution >= 0.6 is 0 Å². The van der Waals surface area contributed by atoms with Crippen LogP contribution in [0.15, 0.2) is 53.3 Å². The Bertz CT molecular complexity index is 865. The SMILES string of the molecule is CCc1cc(NCc2ccc3ccccc3c2)c(=O)[nH]c1C. The van der Waals surface area contributed by atoms with Crippen LogP contribution in [0.2, 0.25) is 0 Å². The second-order valence-corrected chi connectivity index (χ2v) is 5.55. The van der Waals surface area contributed by atoms with E-state index in [0.29, 0.717) is 12.2 Å². The van der Waals surface area contributed by atoms with E-state index in [0.717, 1.165) is 17.7 Å². The van der Waals surface area contributed by atoms with Gasteiger partial charge in [-0.2, -0.15) is 0 Å². The molecule has 22 heavy (non-hydrogen) atoms. The van der Waals surface area contributed by atoms with Crippen molar-refractivity contribution in [3.05, 3.63) is 75.7 Å². The average molecular weight is 292 g/mol. The van der Waals surface area contributed by atoms with Crippen molar-refractivity contribution in [3.8, 4) is 0 Å². The lowest BCUT2D eigenvalue weighted by atomic mass is 10.1. The van der Waals surface area contributed by atoms with Crippen LogP contribution in [0.3, 0.4) is 0 Å². The Labute approximate surface area is 130 Å². The summed E-state index contributed by atoms with van der Waals surface area (Å²) in [4.78, 5) is 14.9. The van der Waals surface area contributed by atoms with Crippen molar-refractivity contribution in [3.63, 3.8) is 0 Å². The first-order valence-electron chi connectivity index (χ1n) is 7.61. The molecular formula is C19H20N2O. The number of aromatic nitrogens is 1. The third kappa shape index (κ3) is 2.89. The van der Waals surface area contributed by atoms with E-state index in [9.17, 15) is 4.79 Å². The molecule has 0 aliphatic rings. The summed E-state index contributed by atoms with van der Waals surface area (Å²) in [5.41, 5.74) is 3.85. The zero-order chi connectivity index (χ0) is 15.5. The minimum Gasteiger partial charge on any atom is -0.377 e. The molecule has 3 nitrogen and oxygen atoms in total. The molecule has 0 fully saturated rings. The number of hydrogen-bond donors (Lipinski definition) is 2. The van der Waals surface area contributed by atoms with Crippen molar-refractivity contribution >= 4 is 16.5 Å². The van der Waals surface area contributed by atoms with Gasteiger partial charge < -0.3 is 10.3 Å². The highest BCUT2D eigenvalue weighted by atomic mass is 16.1. The first-order valence-corrected chi connectivity index (χ1v) is 7.61. The monoisotopic (exact) mass is 292 g/mol. The molecule has 2 aromatic carbocycles. The molecule has 3 aromatic rings. The van der Waals surface area contributed by atoms with Gasteiger partial charge >= 0.3 is 0 Å². The van der Waals surface area contributed by atoms with Crippen LogP contribution in [0.5, 0.6) is 0 Å². The third-order valence-corrected chi connectivity index (χ3v) is 4.02. The largest absolute Gasteiger partial charge is 0.377 e. The number of anilines is 1. The Kier molecular flexibility index (Phi) is 3.96. The van der Waals surface area contributed by atoms with Crippen LogP contribution in [0.25, 0.3) is 10.8 Å². The van der Waals surface area contributed by atoms with Gasteiger partial charge in [0, 0.05) is 12.2 Å². The quantitative estimate of drug-likeness (QED) is 0.763. The molecule has 0 aliphatic heterocycles. The van der Waals surface area contributed by atoms with Crippen molar-refractivity contribution in [1.82, 2.24) is 4.98 Å². The molecule has 0 unspecified atom stereocenters. The van der Waals surface area contributed by atoms with E-state index < -0.39 is 0 Å². The molecule has 1 heterocycles. The predicted molar refractivity (Wildman–Crippen MR) is 92.5 cm³/mol. The normalized spacial score (nSPS) is 10.8. The second kappa shape index (κ2) is 6.06. The number of aromatic amines is 1. The maximum atomic E-state index is 12.0. The highest BCUT2D eigenvalue weighted by molar-refractivity contribution is 5.83. The summed E-state index contributed by atoms with van der Waals surface area (Å²) in [6.07, 6.45) is 0.910. The lowest BCUT2D eigenvalue weighted by molar-refractivity contribution is 1.01. The summed E-state index contributed by atoms with van der Waals surface area (Å²) >= 11 is 0. The smallest absolute Gasteiger partial charge is 0.271 e. The Balaban J connectivity index is 1.83. The molecule has 112 valence electrons. The minimum atomic E-state index is -0.0597. The van der Waals surface area contributed by atoms with Gasteiger partial charge in [0.1, 0.15) is 5.69 Å². The predicted octanol–water partition coefficient (Wildman–Crippen LogP) is 4.01. The molecule has 1 aromatic heterocycles. The first-order chi connectivity index (χ1) is 10.7. The molecule has 0 saturated carbocycles. The van der Waals surface area contributed by atoms with Gasteiger partial charge in [-0.25, -0.2) is 0 Å². The molecule has 0 atom stereocenters. The minimum absolute atomic E-state index is 0.0597. The van der Waals surface area contributed by atoms with Crippen LogP contribution in [0, 0.1) is 6.92 Å². The van der Waals surface area contributed by atoms with E-state index in [2.05, 4.69) is 47.6 Å². The number of hydrogen-bond acceptors (Lipinski definition) is 2. The Morgan fingerprint density at radius 2 is 1.82 bits per heavy atom. The van der Waals surface area contributed by atoms with Gasteiger partial charge in [0.2, 0.25) is 0 Å². The van der Waals surface area contributed by atoms with Gasteiger partial charge in [-0.15, -0.1) is 0 Å². The second-order valence-electron chi connectivity index (χ2n) is 5.55. The number of nitrogens with one attached hydrogen (secondary N) is 2. The van der Waals surface area contributed by atoms with Crippen LogP contribution < -0.4 is 10.9 Å². The molecule has 0 radical (unpaired) electrons. The molecule has 0 bridgehead atoms. The molecule has 2 N–H and O–H groups in total. The number of pyridine rings is 1. The Hall–Kier alpha value is -2.55. The summed E-state index contributed by atoms with van der Waals surface area (Å²) in [6, 6.07) is 16.6. The fraction of sp³-hybridized carbons (Fsp3) is 0.211. The van der Waals surface area contributed by atoms with Gasteiger partial charge in [-0.1, -0.05) is 43.3 Å². The Morgan fingerprint density at radius 3 is 2.59 bits per heavy atom. The molecule has 3 heteroatoms. The van der Waals surface area contributed by atoms with Gasteiger partial charge in [0.05, 0.1) is 0 Å². The third-order valence-electron chi connectivity index (χ3n) is 4.02. The molecule has 0 aliphatic carbocycles. The molecule has 3 rings (SSSR count). The highest BCUT2D eigenvalue weighted by Crippen LogP contribution is 2.17. The number of H-pyrrole nitrogens is 1. The van der Waals surface area contributed by atoms with E-state index in [1.807, 2.05) is 25.1 Å². The molecular weight excluding hydrogens is 272 g/mol. The van der Waals surface area contributed by atoms with E-state index in [1.165, 1.54) is 16.3 Å². The van der Waals surface area contributed by atoms with Crippen LogP contribution in [0.1, 0.15) is 23.7 Å². The van der Waals surface area contributed by atoms with Gasteiger partial charge in [0.15, 0.2) is 0 Å². The molecule has 0 spiro atoms. The zero-order valence-corrected chi connectivity index (χ0v) is 12.9. The topological polar surface area (TPSA) is 44.9 Å². The lowest BCUT2D eigenvalue weighted by Crippen LogP contribution is -2.16. The van der Waals surface area contributed by atoms with Crippen LogP contribution in [-0.4, -0.2) is 4.98 Å². The summed E-state index contributed by atoms with van der Waals surface area (Å²) in [5.74, 6) is 0. The molecule has 0 amide bonds. The van der Waals surface area contributed by atoms with Crippen molar-refractivity contribution in [2.45, 2.75) is 26.8 Å². The number of rotatable bonds is 4. The van der Waals surface area contributed by atoms with Crippen LogP contribution in [0.4, 0.5) is 5.69 Å². The summed E-state index contributed by atoms with van der Waals surface area (Å²) in [5, 5.41) is 5.70. The van der Waals surface area contributed by atoms with Crippen molar-refractivity contribution in [1.29, 1.82) is 0 Å². The fourth-order valence-electron chi connectivity index (χ4n) is 2.71. The lowest BCUT2D eigenvalue weighted by Gasteiger charge is -2.10. The number of fused-ring (bicyclic) bond motifs is 1. The van der Waals surface area contributed by atoms with E-state index in [-0.39, 0.29) is 5.56 Å². The number of aryl methyl sites for hydroxylation is 2. The van der Waals surface area contributed by atoms with E-state index >= 15 is 0 Å². The van der Waals surface area contributed by atoms with Crippen molar-refractivity contribution in [2.75, 3.05) is 5.32 Å². The van der Waals surface area contributed by atoms with E-state index in [4.69, 9.17) is 0 Å². The number of benzene rings is 2. The average Bonchev–Trinajstić information content (AvgIpc) is 2.54. The summed E-state index contributed by atoms with van der Waals surface area (Å²) < 4.78 is 0. The summed E-state index contributed by atoms with van der Waals surface area (Å²) in [6.45, 7) is 4.67. The Morgan fingerprint density at radius 1 is 1.05 bits per heavy atom. The van der Waals surface area contributed by atoms with Gasteiger partial charge in [0.25, 0.3) is 5.56 Å². The maximum Gasteiger partial charge on any atom is 0.271 e. The highest BCUT2D eigenvalue weighted by Gasteiger charge is 2.04. The maximum absolute atomic E-state index is 12.0. The van der Waals surface area contributed by atoms with Crippen molar-refractivity contribution < 1.29 is 0 Å². The van der Waals surface area contributed by atoms with Crippen molar-refractivity contribution in [2.24, 2.45) is 0 Å². The zero-order valence-electron chi connectivity index (χ0n) is 12.9. The molecule has 0 saturated heterocycles. The summed E-state index contributed by atoms with van der Waals surface area (Å²) in [7, 11) is 0. The van der Waals surface area contributed by atoms with E-state index in [1.54, 1.807) is 0 Å². The van der Waals surface area contributed by atoms with Crippen LogP contribution in [-0.2, 0) is 13.0 Å². The van der Waals surface area contributed by atoms with Gasteiger partial charge in [-0.05, 0) is 47.4 Å². The van der Waals surface area contributed by atoms with Gasteiger partial charge in [-0.3, -0.25) is 4.79 Å².